The van der Waals surface area contributed by atoms with Crippen LogP contribution in [0.5, 0.6) is 5.75 Å². The summed E-state index contributed by atoms with van der Waals surface area (Å²) in [4.78, 5) is 13.0. The van der Waals surface area contributed by atoms with Crippen molar-refractivity contribution in [3.8, 4) is 5.75 Å². The van der Waals surface area contributed by atoms with Crippen molar-refractivity contribution in [2.75, 3.05) is 19.7 Å². The second-order valence-electron chi connectivity index (χ2n) is 9.29. The molecule has 0 amide bonds. The van der Waals surface area contributed by atoms with Crippen LogP contribution >= 0.6 is 0 Å². The molecule has 0 aromatic heterocycles. The van der Waals surface area contributed by atoms with Crippen LogP contribution in [0.4, 0.5) is 22.0 Å². The monoisotopic (exact) mass is 501 g/mol. The van der Waals surface area contributed by atoms with Gasteiger partial charge in [0, 0.05) is 19.6 Å². The number of morpholine rings is 1. The largest absolute Gasteiger partial charge is 0.490 e. The van der Waals surface area contributed by atoms with E-state index < -0.39 is 36.7 Å². The quantitative estimate of drug-likeness (QED) is 0.475. The molecule has 1 saturated carbocycles. The second-order valence-corrected chi connectivity index (χ2v) is 9.29. The Morgan fingerprint density at radius 3 is 2.54 bits per heavy atom. The lowest BCUT2D eigenvalue weighted by Crippen LogP contribution is -2.42. The van der Waals surface area contributed by atoms with Crippen molar-refractivity contribution in [1.82, 2.24) is 4.90 Å². The summed E-state index contributed by atoms with van der Waals surface area (Å²) in [6.07, 6.45) is -7.82. The molecule has 192 valence electrons. The van der Waals surface area contributed by atoms with Gasteiger partial charge in [-0.05, 0) is 54.2 Å². The molecule has 1 aliphatic carbocycles. The molecule has 10 heteroatoms. The van der Waals surface area contributed by atoms with E-state index in [1.54, 1.807) is 18.2 Å². The van der Waals surface area contributed by atoms with Crippen LogP contribution in [-0.2, 0) is 16.1 Å². The van der Waals surface area contributed by atoms with E-state index in [4.69, 9.17) is 14.6 Å². The highest BCUT2D eigenvalue weighted by Gasteiger charge is 2.42. The van der Waals surface area contributed by atoms with Gasteiger partial charge in [-0.15, -0.1) is 0 Å². The van der Waals surface area contributed by atoms with Gasteiger partial charge in [-0.2, -0.15) is 13.2 Å². The van der Waals surface area contributed by atoms with E-state index in [-0.39, 0.29) is 43.4 Å². The standard InChI is InChI=1S/C25H28F5NO4/c26-24(27)23-20-7-1-15(13-31-9-10-34-19(14-31)12-22(32)33)11-16(20)2-8-21(23)35-18-5-3-17(4-6-18)25(28,29)30/h1-2,7-8,11,17-19,24H,3-6,9-10,12-14H2,(H,32,33). The summed E-state index contributed by atoms with van der Waals surface area (Å²) in [7, 11) is 0. The fourth-order valence-corrected chi connectivity index (χ4v) is 5.00. The van der Waals surface area contributed by atoms with Crippen molar-refractivity contribution >= 4 is 16.7 Å². The first-order valence-electron chi connectivity index (χ1n) is 11.7. The number of hydrogen-bond donors (Lipinski definition) is 1. The van der Waals surface area contributed by atoms with Gasteiger partial charge >= 0.3 is 12.1 Å². The van der Waals surface area contributed by atoms with Gasteiger partial charge in [0.2, 0.25) is 0 Å². The third kappa shape index (κ3) is 6.41. The molecule has 1 saturated heterocycles. The van der Waals surface area contributed by atoms with Crippen molar-refractivity contribution in [3.63, 3.8) is 0 Å². The highest BCUT2D eigenvalue weighted by Crippen LogP contribution is 2.41. The van der Waals surface area contributed by atoms with E-state index in [2.05, 4.69) is 4.90 Å². The van der Waals surface area contributed by atoms with Gasteiger partial charge in [0.15, 0.2) is 0 Å². The number of nitrogens with zero attached hydrogens (tertiary/aromatic N) is 1. The number of fused-ring (bicyclic) bond motifs is 1. The lowest BCUT2D eigenvalue weighted by Gasteiger charge is -2.32. The van der Waals surface area contributed by atoms with Crippen molar-refractivity contribution in [3.05, 3.63) is 41.5 Å². The fourth-order valence-electron chi connectivity index (χ4n) is 5.00. The zero-order chi connectivity index (χ0) is 25.2. The summed E-state index contributed by atoms with van der Waals surface area (Å²) in [5.74, 6) is -2.27. The molecule has 2 aromatic carbocycles. The number of rotatable bonds is 7. The number of alkyl halides is 5. The topological polar surface area (TPSA) is 59.0 Å². The van der Waals surface area contributed by atoms with Gasteiger partial charge in [-0.3, -0.25) is 9.69 Å². The molecule has 1 unspecified atom stereocenters. The summed E-state index contributed by atoms with van der Waals surface area (Å²) in [5.41, 5.74) is 0.646. The van der Waals surface area contributed by atoms with Crippen LogP contribution in [0.1, 0.15) is 49.7 Å². The molecule has 2 fully saturated rings. The molecule has 5 nitrogen and oxygen atoms in total. The summed E-state index contributed by atoms with van der Waals surface area (Å²) >= 11 is 0. The smallest absolute Gasteiger partial charge is 0.391 e. The first kappa shape index (κ1) is 25.6. The Hall–Kier alpha value is -2.46. The molecule has 0 radical (unpaired) electrons. The average Bonchev–Trinajstić information content (AvgIpc) is 2.78. The van der Waals surface area contributed by atoms with Gasteiger partial charge < -0.3 is 14.6 Å². The van der Waals surface area contributed by atoms with Crippen molar-refractivity contribution in [1.29, 1.82) is 0 Å². The number of halogens is 5. The van der Waals surface area contributed by atoms with Gasteiger partial charge in [0.1, 0.15) is 5.75 Å². The van der Waals surface area contributed by atoms with Crippen LogP contribution in [0.15, 0.2) is 30.3 Å². The lowest BCUT2D eigenvalue weighted by molar-refractivity contribution is -0.185. The molecule has 1 atom stereocenters. The van der Waals surface area contributed by atoms with Crippen LogP contribution in [0.3, 0.4) is 0 Å². The summed E-state index contributed by atoms with van der Waals surface area (Å²) in [5, 5.41) is 9.94. The van der Waals surface area contributed by atoms with E-state index in [9.17, 15) is 26.7 Å². The molecule has 1 aliphatic heterocycles. The number of aliphatic carboxylic acids is 1. The van der Waals surface area contributed by atoms with Crippen molar-refractivity contribution in [2.45, 2.75) is 63.5 Å². The zero-order valence-electron chi connectivity index (χ0n) is 19.1. The van der Waals surface area contributed by atoms with Crippen LogP contribution in [0.2, 0.25) is 0 Å². The summed E-state index contributed by atoms with van der Waals surface area (Å²) in [6.45, 7) is 2.06. The molecular weight excluding hydrogens is 473 g/mol. The van der Waals surface area contributed by atoms with Gasteiger partial charge in [0.05, 0.1) is 36.7 Å². The third-order valence-electron chi connectivity index (χ3n) is 6.77. The summed E-state index contributed by atoms with van der Waals surface area (Å²) in [6, 6.07) is 8.36. The first-order chi connectivity index (χ1) is 16.6. The van der Waals surface area contributed by atoms with Crippen molar-refractivity contribution in [2.24, 2.45) is 5.92 Å². The maximum Gasteiger partial charge on any atom is 0.391 e. The van der Waals surface area contributed by atoms with Crippen LogP contribution in [-0.4, -0.2) is 54.1 Å². The van der Waals surface area contributed by atoms with Gasteiger partial charge in [-0.25, -0.2) is 8.78 Å². The SMILES string of the molecule is O=C(O)CC1CN(Cc2ccc3c(C(F)F)c(OC4CCC(C(F)(F)F)CC4)ccc3c2)CCO1. The van der Waals surface area contributed by atoms with E-state index in [1.165, 1.54) is 6.07 Å². The summed E-state index contributed by atoms with van der Waals surface area (Å²) < 4.78 is 78.1. The maximum absolute atomic E-state index is 14.1. The Morgan fingerprint density at radius 1 is 1.14 bits per heavy atom. The zero-order valence-corrected chi connectivity index (χ0v) is 19.1. The van der Waals surface area contributed by atoms with E-state index in [1.807, 2.05) is 6.07 Å². The Morgan fingerprint density at radius 2 is 1.89 bits per heavy atom. The Kier molecular flexibility index (Phi) is 7.80. The van der Waals surface area contributed by atoms with E-state index in [0.717, 1.165) is 5.56 Å². The highest BCUT2D eigenvalue weighted by molar-refractivity contribution is 5.88. The molecule has 0 bridgehead atoms. The van der Waals surface area contributed by atoms with Crippen LogP contribution in [0.25, 0.3) is 10.8 Å². The number of benzene rings is 2. The molecular formula is C25H28F5NO4. The van der Waals surface area contributed by atoms with Crippen LogP contribution < -0.4 is 4.74 Å². The molecule has 4 rings (SSSR count). The van der Waals surface area contributed by atoms with Gasteiger partial charge in [0.25, 0.3) is 6.43 Å². The third-order valence-corrected chi connectivity index (χ3v) is 6.77. The minimum Gasteiger partial charge on any atom is -0.490 e. The number of carboxylic acids is 1. The van der Waals surface area contributed by atoms with E-state index >= 15 is 0 Å². The molecule has 1 N–H and O–H groups in total. The predicted octanol–water partition coefficient (Wildman–Crippen LogP) is 5.95. The van der Waals surface area contributed by atoms with Crippen LogP contribution in [0, 0.1) is 5.92 Å². The Balaban J connectivity index is 1.47. The second kappa shape index (κ2) is 10.7. The molecule has 0 spiro atoms. The maximum atomic E-state index is 14.1. The highest BCUT2D eigenvalue weighted by atomic mass is 19.4. The van der Waals surface area contributed by atoms with E-state index in [0.29, 0.717) is 37.0 Å². The first-order valence-corrected chi connectivity index (χ1v) is 11.7. The van der Waals surface area contributed by atoms with Gasteiger partial charge in [-0.1, -0.05) is 18.2 Å². The molecule has 1 heterocycles. The number of ether oxygens (including phenoxy) is 2. The number of carboxylic acid groups (broad SMARTS) is 1. The molecule has 2 aliphatic rings. The molecule has 2 aromatic rings. The Bertz CT molecular complexity index is 1040. The van der Waals surface area contributed by atoms with Crippen molar-refractivity contribution < 1.29 is 41.3 Å². The Labute approximate surface area is 199 Å². The normalized spacial score (nSPS) is 24.1. The minimum atomic E-state index is -4.24. The fraction of sp³-hybridized carbons (Fsp3) is 0.560. The lowest BCUT2D eigenvalue weighted by atomic mass is 9.87. The number of hydrogen-bond acceptors (Lipinski definition) is 4. The number of carbonyl (C=O) groups is 1. The minimum absolute atomic E-state index is 0.0143. The average molecular weight is 501 g/mol. The molecule has 35 heavy (non-hydrogen) atoms. The predicted molar refractivity (Wildman–Crippen MR) is 119 cm³/mol.